The van der Waals surface area contributed by atoms with Crippen LogP contribution >= 0.6 is 11.6 Å². The number of carbonyl (C=O) groups excluding carboxylic acids is 1. The summed E-state index contributed by atoms with van der Waals surface area (Å²) in [4.78, 5) is 23.3. The fourth-order valence-electron chi connectivity index (χ4n) is 2.04. The van der Waals surface area contributed by atoms with Gasteiger partial charge in [-0.05, 0) is 38.0 Å². The molecule has 2 atom stereocenters. The minimum absolute atomic E-state index is 0.248. The maximum atomic E-state index is 12.0. The van der Waals surface area contributed by atoms with Gasteiger partial charge in [0.25, 0.3) is 0 Å². The molecule has 1 aromatic rings. The van der Waals surface area contributed by atoms with Gasteiger partial charge in [-0.2, -0.15) is 0 Å². The molecule has 0 saturated carbocycles. The van der Waals surface area contributed by atoms with Gasteiger partial charge in [0.1, 0.15) is 5.54 Å². The highest BCUT2D eigenvalue weighted by atomic mass is 35.5. The van der Waals surface area contributed by atoms with E-state index in [4.69, 9.17) is 11.6 Å². The maximum absolute atomic E-state index is 12.0. The van der Waals surface area contributed by atoms with Crippen molar-refractivity contribution in [3.63, 3.8) is 0 Å². The smallest absolute Gasteiger partial charge is 0.329 e. The number of hydrogen-bond acceptors (Lipinski definition) is 2. The molecule has 1 rings (SSSR count). The minimum atomic E-state index is -1.27. The van der Waals surface area contributed by atoms with Gasteiger partial charge in [-0.15, -0.1) is 0 Å². The highest BCUT2D eigenvalue weighted by Crippen LogP contribution is 2.17. The summed E-state index contributed by atoms with van der Waals surface area (Å²) in [5.74, 6) is -1.04. The van der Waals surface area contributed by atoms with Gasteiger partial charge in [0, 0.05) is 5.02 Å². The van der Waals surface area contributed by atoms with Crippen LogP contribution in [0.3, 0.4) is 0 Å². The zero-order valence-corrected chi connectivity index (χ0v) is 13.2. The van der Waals surface area contributed by atoms with Crippen LogP contribution in [0.15, 0.2) is 24.3 Å². The minimum Gasteiger partial charge on any atom is -0.480 e. The van der Waals surface area contributed by atoms with Crippen molar-refractivity contribution in [1.82, 2.24) is 10.6 Å². The lowest BCUT2D eigenvalue weighted by atomic mass is 9.96. The molecular formula is C15H21ClN2O3. The second-order valence-corrected chi connectivity index (χ2v) is 5.70. The number of carbonyl (C=O) groups is 2. The lowest BCUT2D eigenvalue weighted by molar-refractivity contribution is -0.144. The fraction of sp³-hybridized carbons (Fsp3) is 0.467. The van der Waals surface area contributed by atoms with E-state index in [-0.39, 0.29) is 6.04 Å². The summed E-state index contributed by atoms with van der Waals surface area (Å²) in [6.45, 7) is 5.20. The summed E-state index contributed by atoms with van der Waals surface area (Å²) in [7, 11) is 0. The van der Waals surface area contributed by atoms with Crippen LogP contribution in [0, 0.1) is 0 Å². The molecule has 0 heterocycles. The average molecular weight is 313 g/mol. The summed E-state index contributed by atoms with van der Waals surface area (Å²) in [6, 6.07) is 6.36. The van der Waals surface area contributed by atoms with Crippen molar-refractivity contribution >= 4 is 23.6 Å². The van der Waals surface area contributed by atoms with Crippen LogP contribution in [0.4, 0.5) is 4.79 Å². The number of urea groups is 1. The van der Waals surface area contributed by atoms with E-state index in [0.29, 0.717) is 17.9 Å². The number of carboxylic acid groups (broad SMARTS) is 1. The highest BCUT2D eigenvalue weighted by molar-refractivity contribution is 6.30. The molecule has 6 heteroatoms. The van der Waals surface area contributed by atoms with Crippen LogP contribution in [-0.4, -0.2) is 22.6 Å². The zero-order valence-electron chi connectivity index (χ0n) is 12.4. The maximum Gasteiger partial charge on any atom is 0.329 e. The molecule has 0 fully saturated rings. The summed E-state index contributed by atoms with van der Waals surface area (Å²) < 4.78 is 0. The molecule has 0 aliphatic heterocycles. The molecule has 2 unspecified atom stereocenters. The van der Waals surface area contributed by atoms with Crippen LogP contribution in [0.1, 0.15) is 45.2 Å². The Morgan fingerprint density at radius 2 is 1.90 bits per heavy atom. The van der Waals surface area contributed by atoms with E-state index in [1.807, 2.05) is 26.0 Å². The molecule has 21 heavy (non-hydrogen) atoms. The lowest BCUT2D eigenvalue weighted by Crippen LogP contribution is -2.55. The molecule has 3 N–H and O–H groups in total. The van der Waals surface area contributed by atoms with Crippen molar-refractivity contribution in [2.24, 2.45) is 0 Å². The van der Waals surface area contributed by atoms with Gasteiger partial charge in [-0.3, -0.25) is 0 Å². The molecule has 0 saturated heterocycles. The molecule has 0 aliphatic carbocycles. The molecule has 0 spiro atoms. The largest absolute Gasteiger partial charge is 0.480 e. The summed E-state index contributed by atoms with van der Waals surface area (Å²) >= 11 is 5.81. The zero-order chi connectivity index (χ0) is 16.0. The van der Waals surface area contributed by atoms with Crippen LogP contribution in [0.2, 0.25) is 5.02 Å². The van der Waals surface area contributed by atoms with Crippen molar-refractivity contribution in [2.75, 3.05) is 0 Å². The Labute approximate surface area is 129 Å². The van der Waals surface area contributed by atoms with Crippen molar-refractivity contribution in [1.29, 1.82) is 0 Å². The summed E-state index contributed by atoms with van der Waals surface area (Å²) in [6.07, 6.45) is 1.03. The normalized spacial score (nSPS) is 14.9. The Morgan fingerprint density at radius 1 is 1.33 bits per heavy atom. The quantitative estimate of drug-likeness (QED) is 0.753. The monoisotopic (exact) mass is 312 g/mol. The van der Waals surface area contributed by atoms with E-state index < -0.39 is 17.5 Å². The number of carboxylic acids is 1. The van der Waals surface area contributed by atoms with Gasteiger partial charge in [0.2, 0.25) is 0 Å². The van der Waals surface area contributed by atoms with Gasteiger partial charge < -0.3 is 15.7 Å². The predicted octanol–water partition coefficient (Wildman–Crippen LogP) is 3.34. The van der Waals surface area contributed by atoms with Gasteiger partial charge in [0.05, 0.1) is 6.04 Å². The molecule has 0 aromatic heterocycles. The number of rotatable bonds is 6. The molecule has 0 radical (unpaired) electrons. The fourth-order valence-corrected chi connectivity index (χ4v) is 2.17. The molecular weight excluding hydrogens is 292 g/mol. The van der Waals surface area contributed by atoms with Crippen LogP contribution in [-0.2, 0) is 4.79 Å². The highest BCUT2D eigenvalue weighted by Gasteiger charge is 2.34. The molecule has 2 amide bonds. The van der Waals surface area contributed by atoms with E-state index in [1.165, 1.54) is 6.92 Å². The van der Waals surface area contributed by atoms with Crippen molar-refractivity contribution in [3.8, 4) is 0 Å². The number of nitrogens with one attached hydrogen (secondary N) is 2. The van der Waals surface area contributed by atoms with Crippen LogP contribution in [0.25, 0.3) is 0 Å². The Hall–Kier alpha value is -1.75. The standard InChI is InChI=1S/C15H21ClN2O3/c1-4-9-15(3,13(19)20)18-14(21)17-10(2)11-5-7-12(16)8-6-11/h5-8,10H,4,9H2,1-3H3,(H,19,20)(H2,17,18,21). The van der Waals surface area contributed by atoms with Gasteiger partial charge in [-0.1, -0.05) is 37.1 Å². The van der Waals surface area contributed by atoms with Crippen molar-refractivity contribution in [2.45, 2.75) is 45.2 Å². The molecule has 1 aromatic carbocycles. The summed E-state index contributed by atoms with van der Waals surface area (Å²) in [5.41, 5.74) is -0.375. The van der Waals surface area contributed by atoms with Crippen molar-refractivity contribution < 1.29 is 14.7 Å². The first-order valence-electron chi connectivity index (χ1n) is 6.86. The van der Waals surface area contributed by atoms with Gasteiger partial charge in [0.15, 0.2) is 0 Å². The number of benzene rings is 1. The molecule has 116 valence electrons. The van der Waals surface area contributed by atoms with Crippen molar-refractivity contribution in [3.05, 3.63) is 34.9 Å². The SMILES string of the molecule is CCCC(C)(NC(=O)NC(C)c1ccc(Cl)cc1)C(=O)O. The summed E-state index contributed by atoms with van der Waals surface area (Å²) in [5, 5.41) is 15.1. The average Bonchev–Trinajstić information content (AvgIpc) is 2.39. The Bertz CT molecular complexity index is 504. The van der Waals surface area contributed by atoms with E-state index in [9.17, 15) is 14.7 Å². The Morgan fingerprint density at radius 3 is 2.38 bits per heavy atom. The second kappa shape index (κ2) is 7.31. The van der Waals surface area contributed by atoms with E-state index in [0.717, 1.165) is 5.56 Å². The number of aliphatic carboxylic acids is 1. The van der Waals surface area contributed by atoms with Crippen LogP contribution in [0.5, 0.6) is 0 Å². The van der Waals surface area contributed by atoms with Gasteiger partial charge >= 0.3 is 12.0 Å². The third-order valence-electron chi connectivity index (χ3n) is 3.33. The Balaban J connectivity index is 2.67. The van der Waals surface area contributed by atoms with E-state index >= 15 is 0 Å². The first-order valence-corrected chi connectivity index (χ1v) is 7.24. The number of amides is 2. The van der Waals surface area contributed by atoms with E-state index in [2.05, 4.69) is 10.6 Å². The first kappa shape index (κ1) is 17.3. The third kappa shape index (κ3) is 4.93. The molecule has 0 aliphatic rings. The Kier molecular flexibility index (Phi) is 6.03. The topological polar surface area (TPSA) is 78.4 Å². The molecule has 0 bridgehead atoms. The van der Waals surface area contributed by atoms with Crippen LogP contribution < -0.4 is 10.6 Å². The van der Waals surface area contributed by atoms with E-state index in [1.54, 1.807) is 12.1 Å². The first-order chi connectivity index (χ1) is 9.78. The lowest BCUT2D eigenvalue weighted by Gasteiger charge is -2.27. The number of hydrogen-bond donors (Lipinski definition) is 3. The second-order valence-electron chi connectivity index (χ2n) is 5.26. The predicted molar refractivity (Wildman–Crippen MR) is 82.5 cm³/mol. The van der Waals surface area contributed by atoms with Gasteiger partial charge in [-0.25, -0.2) is 9.59 Å². The molecule has 5 nitrogen and oxygen atoms in total. The third-order valence-corrected chi connectivity index (χ3v) is 3.58. The number of halogens is 1.